The number of aryl methyl sites for hydroxylation is 5. The standard InChI is InChI=1S/C19H29N5OS2/c1-15-18(26-13-22(15)3)7-10-24-12-17(20-21-24)6-5-9-23-14-27-19(16(23)2)8-11-25-4/h12-14H,5-11H2,1-4H3/q+2. The van der Waals surface area contributed by atoms with Crippen LogP contribution in [0.3, 0.4) is 0 Å². The number of rotatable bonds is 10. The molecule has 0 fully saturated rings. The van der Waals surface area contributed by atoms with Crippen molar-refractivity contribution in [3.05, 3.63) is 44.1 Å². The molecule has 0 atom stereocenters. The Morgan fingerprint density at radius 1 is 1.07 bits per heavy atom. The largest absolute Gasteiger partial charge is 0.384 e. The van der Waals surface area contributed by atoms with Crippen molar-refractivity contribution in [2.75, 3.05) is 13.7 Å². The van der Waals surface area contributed by atoms with Crippen LogP contribution in [0.4, 0.5) is 0 Å². The molecule has 0 amide bonds. The van der Waals surface area contributed by atoms with E-state index in [1.165, 1.54) is 21.1 Å². The first-order valence-corrected chi connectivity index (χ1v) is 11.1. The fourth-order valence-electron chi connectivity index (χ4n) is 3.06. The van der Waals surface area contributed by atoms with Gasteiger partial charge in [0.15, 0.2) is 11.4 Å². The summed E-state index contributed by atoms with van der Waals surface area (Å²) in [5, 5.41) is 8.64. The van der Waals surface area contributed by atoms with Crippen molar-refractivity contribution >= 4 is 22.7 Å². The Kier molecular flexibility index (Phi) is 7.09. The lowest BCUT2D eigenvalue weighted by Crippen LogP contribution is -2.34. The molecule has 0 saturated carbocycles. The highest BCUT2D eigenvalue weighted by atomic mass is 32.1. The summed E-state index contributed by atoms with van der Waals surface area (Å²) in [6.07, 6.45) is 6.13. The van der Waals surface area contributed by atoms with E-state index in [2.05, 4.69) is 57.6 Å². The first-order valence-electron chi connectivity index (χ1n) is 9.35. The summed E-state index contributed by atoms with van der Waals surface area (Å²) in [6.45, 7) is 7.06. The summed E-state index contributed by atoms with van der Waals surface area (Å²) in [5.41, 5.74) is 8.16. The lowest BCUT2D eigenvalue weighted by Gasteiger charge is -1.98. The molecule has 146 valence electrons. The molecule has 0 radical (unpaired) electrons. The van der Waals surface area contributed by atoms with Gasteiger partial charge in [0.1, 0.15) is 13.6 Å². The van der Waals surface area contributed by atoms with Crippen molar-refractivity contribution in [1.82, 2.24) is 15.0 Å². The van der Waals surface area contributed by atoms with Crippen molar-refractivity contribution in [3.63, 3.8) is 0 Å². The summed E-state index contributed by atoms with van der Waals surface area (Å²) < 4.78 is 11.7. The Bertz CT molecular complexity index is 867. The Labute approximate surface area is 169 Å². The second-order valence-electron chi connectivity index (χ2n) is 6.84. The fraction of sp³-hybridized carbons (Fsp3) is 0.579. The molecule has 0 aliphatic carbocycles. The van der Waals surface area contributed by atoms with E-state index in [0.717, 1.165) is 51.1 Å². The summed E-state index contributed by atoms with van der Waals surface area (Å²) in [6, 6.07) is 0. The van der Waals surface area contributed by atoms with Crippen molar-refractivity contribution in [1.29, 1.82) is 0 Å². The van der Waals surface area contributed by atoms with Crippen molar-refractivity contribution in [3.8, 4) is 0 Å². The van der Waals surface area contributed by atoms with Crippen LogP contribution in [0, 0.1) is 13.8 Å². The molecule has 27 heavy (non-hydrogen) atoms. The number of aromatic nitrogens is 5. The molecular weight excluding hydrogens is 378 g/mol. The van der Waals surface area contributed by atoms with Gasteiger partial charge < -0.3 is 4.74 Å². The predicted molar refractivity (Wildman–Crippen MR) is 107 cm³/mol. The summed E-state index contributed by atoms with van der Waals surface area (Å²) in [4.78, 5) is 2.84. The molecule has 0 bridgehead atoms. The Morgan fingerprint density at radius 3 is 2.59 bits per heavy atom. The molecule has 0 spiro atoms. The zero-order valence-corrected chi connectivity index (χ0v) is 18.3. The van der Waals surface area contributed by atoms with E-state index in [1.807, 2.05) is 27.4 Å². The SMILES string of the molecule is COCCc1sc[n+](CCCc2cn(CCc3sc[n+](C)c3C)nn2)c1C. The van der Waals surface area contributed by atoms with Crippen molar-refractivity contribution in [2.24, 2.45) is 7.05 Å². The molecule has 0 aromatic carbocycles. The highest BCUT2D eigenvalue weighted by Crippen LogP contribution is 2.13. The minimum absolute atomic E-state index is 0.785. The molecule has 3 heterocycles. The molecule has 3 rings (SSSR count). The smallest absolute Gasteiger partial charge is 0.225 e. The second-order valence-corrected chi connectivity index (χ2v) is 8.72. The lowest BCUT2D eigenvalue weighted by molar-refractivity contribution is -0.698. The van der Waals surface area contributed by atoms with Crippen LogP contribution < -0.4 is 9.13 Å². The Hall–Kier alpha value is -1.64. The molecule has 0 aliphatic heterocycles. The first kappa shape index (κ1) is 20.1. The van der Waals surface area contributed by atoms with Crippen LogP contribution >= 0.6 is 22.7 Å². The van der Waals surface area contributed by atoms with Gasteiger partial charge in [-0.25, -0.2) is 0 Å². The van der Waals surface area contributed by atoms with E-state index >= 15 is 0 Å². The molecule has 3 aromatic heterocycles. The maximum absolute atomic E-state index is 5.19. The number of thiazole rings is 2. The lowest BCUT2D eigenvalue weighted by atomic mass is 10.2. The molecule has 0 saturated heterocycles. The van der Waals surface area contributed by atoms with E-state index in [9.17, 15) is 0 Å². The zero-order chi connectivity index (χ0) is 19.2. The van der Waals surface area contributed by atoms with Gasteiger partial charge >= 0.3 is 0 Å². The number of methoxy groups -OCH3 is 1. The van der Waals surface area contributed by atoms with Gasteiger partial charge in [-0.2, -0.15) is 9.13 Å². The second kappa shape index (κ2) is 9.52. The first-order chi connectivity index (χ1) is 13.1. The Morgan fingerprint density at radius 2 is 1.85 bits per heavy atom. The van der Waals surface area contributed by atoms with E-state index in [1.54, 1.807) is 7.11 Å². The Balaban J connectivity index is 1.46. The molecule has 0 unspecified atom stereocenters. The van der Waals surface area contributed by atoms with Crippen molar-refractivity contribution in [2.45, 2.75) is 52.6 Å². The van der Waals surface area contributed by atoms with Crippen LogP contribution in [0.25, 0.3) is 0 Å². The summed E-state index contributed by atoms with van der Waals surface area (Å²) in [7, 11) is 3.85. The maximum Gasteiger partial charge on any atom is 0.225 e. The molecule has 0 aliphatic rings. The third-order valence-electron chi connectivity index (χ3n) is 4.96. The predicted octanol–water partition coefficient (Wildman–Crippen LogP) is 2.19. The minimum atomic E-state index is 0.785. The highest BCUT2D eigenvalue weighted by molar-refractivity contribution is 7.09. The van der Waals surface area contributed by atoms with E-state index < -0.39 is 0 Å². The van der Waals surface area contributed by atoms with Crippen LogP contribution in [0.1, 0.15) is 33.3 Å². The van der Waals surface area contributed by atoms with Crippen LogP contribution in [0.15, 0.2) is 17.2 Å². The van der Waals surface area contributed by atoms with E-state index in [-0.39, 0.29) is 0 Å². The van der Waals surface area contributed by atoms with E-state index in [4.69, 9.17) is 4.74 Å². The average molecular weight is 408 g/mol. The molecule has 0 N–H and O–H groups in total. The topological polar surface area (TPSA) is 47.7 Å². The van der Waals surface area contributed by atoms with Gasteiger partial charge in [-0.1, -0.05) is 27.9 Å². The van der Waals surface area contributed by atoms with Crippen LogP contribution in [0.2, 0.25) is 0 Å². The van der Waals surface area contributed by atoms with Gasteiger partial charge in [0.05, 0.1) is 22.1 Å². The van der Waals surface area contributed by atoms with Gasteiger partial charge in [0, 0.05) is 53.0 Å². The van der Waals surface area contributed by atoms with Crippen molar-refractivity contribution < 1.29 is 13.9 Å². The average Bonchev–Trinajstić information content (AvgIpc) is 3.34. The number of ether oxygens (including phenoxy) is 1. The van der Waals surface area contributed by atoms with Gasteiger partial charge in [-0.05, 0) is 6.42 Å². The molecule has 3 aromatic rings. The molecular formula is C19H29N5OS2+2. The zero-order valence-electron chi connectivity index (χ0n) is 16.6. The quantitative estimate of drug-likeness (QED) is 0.484. The van der Waals surface area contributed by atoms with E-state index in [0.29, 0.717) is 0 Å². The summed E-state index contributed by atoms with van der Waals surface area (Å²) >= 11 is 3.64. The monoisotopic (exact) mass is 407 g/mol. The third kappa shape index (κ3) is 5.21. The van der Waals surface area contributed by atoms with Gasteiger partial charge in [-0.3, -0.25) is 4.68 Å². The van der Waals surface area contributed by atoms with Gasteiger partial charge in [0.2, 0.25) is 11.0 Å². The normalized spacial score (nSPS) is 11.4. The number of hydrogen-bond donors (Lipinski definition) is 0. The fourth-order valence-corrected chi connectivity index (χ4v) is 5.03. The molecule has 6 nitrogen and oxygen atoms in total. The highest BCUT2D eigenvalue weighted by Gasteiger charge is 2.15. The van der Waals surface area contributed by atoms with Gasteiger partial charge in [0.25, 0.3) is 0 Å². The third-order valence-corrected chi connectivity index (χ3v) is 7.31. The van der Waals surface area contributed by atoms with Crippen LogP contribution in [0.5, 0.6) is 0 Å². The van der Waals surface area contributed by atoms with Gasteiger partial charge in [-0.15, -0.1) is 5.10 Å². The maximum atomic E-state index is 5.19. The number of hydrogen-bond acceptors (Lipinski definition) is 5. The van der Waals surface area contributed by atoms with Crippen LogP contribution in [-0.2, 0) is 44.1 Å². The number of nitrogens with zero attached hydrogens (tertiary/aromatic N) is 5. The van der Waals surface area contributed by atoms with Crippen LogP contribution in [-0.4, -0.2) is 28.7 Å². The molecule has 8 heteroatoms. The summed E-state index contributed by atoms with van der Waals surface area (Å²) in [5.74, 6) is 0. The minimum Gasteiger partial charge on any atom is -0.384 e.